The predicted octanol–water partition coefficient (Wildman–Crippen LogP) is 7.93. The Morgan fingerprint density at radius 2 is 1.24 bits per heavy atom. The van der Waals surface area contributed by atoms with Gasteiger partial charge in [0, 0.05) is 16.7 Å². The van der Waals surface area contributed by atoms with Crippen molar-refractivity contribution in [1.29, 1.82) is 0 Å². The molecule has 3 rings (SSSR count). The SMILES string of the molecule is CCCCCOc1ccc(C#Cc2ccc(C#Cc3ccc(CCCCC)cc3)cc2F)cc1. The Bertz CT molecular complexity index is 1150. The first-order chi connectivity index (χ1) is 16.7. The fourth-order valence-electron chi connectivity index (χ4n) is 3.49. The second-order valence-electron chi connectivity index (χ2n) is 8.43. The standard InChI is InChI=1S/C32H33FO/c1-3-5-7-9-26-10-12-27(13-11-26)14-15-29-17-21-30(32(33)25-29)20-16-28-18-22-31(23-19-28)34-24-8-6-4-2/h10-13,17-19,21-23,25H,3-9,24H2,1-2H3. The fraction of sp³-hybridized carbons (Fsp3) is 0.312. The van der Waals surface area contributed by atoms with Crippen LogP contribution in [0.5, 0.6) is 5.75 Å². The molecule has 3 aromatic carbocycles. The van der Waals surface area contributed by atoms with Crippen molar-refractivity contribution in [3.8, 4) is 29.4 Å². The topological polar surface area (TPSA) is 9.23 Å². The van der Waals surface area contributed by atoms with Gasteiger partial charge in [0.05, 0.1) is 12.2 Å². The maximum Gasteiger partial charge on any atom is 0.140 e. The van der Waals surface area contributed by atoms with Crippen LogP contribution in [0.4, 0.5) is 4.39 Å². The normalized spacial score (nSPS) is 10.1. The third-order valence-electron chi connectivity index (χ3n) is 5.56. The summed E-state index contributed by atoms with van der Waals surface area (Å²) in [6.07, 6.45) is 8.21. The van der Waals surface area contributed by atoms with Crippen LogP contribution in [0.3, 0.4) is 0 Å². The first-order valence-corrected chi connectivity index (χ1v) is 12.3. The van der Waals surface area contributed by atoms with E-state index >= 15 is 0 Å². The zero-order valence-electron chi connectivity index (χ0n) is 20.3. The van der Waals surface area contributed by atoms with Crippen LogP contribution in [-0.4, -0.2) is 6.61 Å². The molecule has 0 amide bonds. The van der Waals surface area contributed by atoms with Crippen molar-refractivity contribution in [2.45, 2.75) is 58.8 Å². The van der Waals surface area contributed by atoms with E-state index in [4.69, 9.17) is 4.74 Å². The van der Waals surface area contributed by atoms with E-state index in [0.29, 0.717) is 11.1 Å². The minimum absolute atomic E-state index is 0.360. The molecule has 174 valence electrons. The van der Waals surface area contributed by atoms with E-state index in [0.717, 1.165) is 36.3 Å². The van der Waals surface area contributed by atoms with Gasteiger partial charge in [0.25, 0.3) is 0 Å². The Labute approximate surface area is 204 Å². The molecule has 0 saturated heterocycles. The summed E-state index contributed by atoms with van der Waals surface area (Å²) in [7, 11) is 0. The van der Waals surface area contributed by atoms with E-state index in [1.165, 1.54) is 43.7 Å². The highest BCUT2D eigenvalue weighted by Crippen LogP contribution is 2.14. The van der Waals surface area contributed by atoms with Gasteiger partial charge < -0.3 is 4.74 Å². The van der Waals surface area contributed by atoms with Gasteiger partial charge in [-0.3, -0.25) is 0 Å². The molecule has 0 N–H and O–H groups in total. The van der Waals surface area contributed by atoms with E-state index in [1.54, 1.807) is 6.07 Å². The second kappa shape index (κ2) is 13.9. The smallest absolute Gasteiger partial charge is 0.140 e. The van der Waals surface area contributed by atoms with Gasteiger partial charge in [-0.05, 0) is 79.4 Å². The molecule has 0 aliphatic heterocycles. The van der Waals surface area contributed by atoms with Crippen molar-refractivity contribution in [3.63, 3.8) is 0 Å². The molecule has 0 aromatic heterocycles. The Morgan fingerprint density at radius 1 is 0.647 bits per heavy atom. The number of ether oxygens (including phenoxy) is 1. The van der Waals surface area contributed by atoms with Crippen LogP contribution in [0.1, 0.15) is 80.2 Å². The van der Waals surface area contributed by atoms with Crippen LogP contribution >= 0.6 is 0 Å². The molecule has 2 heteroatoms. The van der Waals surface area contributed by atoms with E-state index in [1.807, 2.05) is 42.5 Å². The molecule has 0 bridgehead atoms. The lowest BCUT2D eigenvalue weighted by molar-refractivity contribution is 0.306. The number of unbranched alkanes of at least 4 members (excludes halogenated alkanes) is 4. The minimum atomic E-state index is -0.360. The summed E-state index contributed by atoms with van der Waals surface area (Å²) in [5, 5.41) is 0. The Hall–Kier alpha value is -3.49. The van der Waals surface area contributed by atoms with Gasteiger partial charge in [-0.1, -0.05) is 75.3 Å². The summed E-state index contributed by atoms with van der Waals surface area (Å²) in [4.78, 5) is 0. The summed E-state index contributed by atoms with van der Waals surface area (Å²) in [6, 6.07) is 20.9. The monoisotopic (exact) mass is 452 g/mol. The van der Waals surface area contributed by atoms with Crippen LogP contribution in [-0.2, 0) is 6.42 Å². The quantitative estimate of drug-likeness (QED) is 0.237. The highest BCUT2D eigenvalue weighted by Gasteiger charge is 2.00. The largest absolute Gasteiger partial charge is 0.494 e. The zero-order chi connectivity index (χ0) is 24.0. The first-order valence-electron chi connectivity index (χ1n) is 12.3. The van der Waals surface area contributed by atoms with Crippen LogP contribution < -0.4 is 4.74 Å². The molecule has 1 nitrogen and oxygen atoms in total. The number of hydrogen-bond acceptors (Lipinski definition) is 1. The van der Waals surface area contributed by atoms with Crippen molar-refractivity contribution in [3.05, 3.63) is 100 Å². The first kappa shape index (κ1) is 25.1. The summed E-state index contributed by atoms with van der Waals surface area (Å²) in [6.45, 7) is 5.11. The minimum Gasteiger partial charge on any atom is -0.494 e. The molecule has 0 aliphatic rings. The van der Waals surface area contributed by atoms with Gasteiger partial charge in [0.15, 0.2) is 0 Å². The van der Waals surface area contributed by atoms with Gasteiger partial charge in [-0.15, -0.1) is 0 Å². The molecular formula is C32H33FO. The van der Waals surface area contributed by atoms with Gasteiger partial charge >= 0.3 is 0 Å². The third-order valence-corrected chi connectivity index (χ3v) is 5.56. The lowest BCUT2D eigenvalue weighted by atomic mass is 10.1. The van der Waals surface area contributed by atoms with Crippen LogP contribution in [0.2, 0.25) is 0 Å². The second-order valence-corrected chi connectivity index (χ2v) is 8.43. The van der Waals surface area contributed by atoms with E-state index in [9.17, 15) is 4.39 Å². The molecule has 34 heavy (non-hydrogen) atoms. The highest BCUT2D eigenvalue weighted by atomic mass is 19.1. The summed E-state index contributed by atoms with van der Waals surface area (Å²) < 4.78 is 20.3. The Morgan fingerprint density at radius 3 is 1.91 bits per heavy atom. The predicted molar refractivity (Wildman–Crippen MR) is 139 cm³/mol. The molecule has 0 heterocycles. The van der Waals surface area contributed by atoms with Gasteiger partial charge in [0.1, 0.15) is 11.6 Å². The zero-order valence-corrected chi connectivity index (χ0v) is 20.3. The Kier molecular flexibility index (Phi) is 10.3. The summed E-state index contributed by atoms with van der Waals surface area (Å²) in [5.74, 6) is 12.6. The summed E-state index contributed by atoms with van der Waals surface area (Å²) in [5.41, 5.74) is 4.09. The third kappa shape index (κ3) is 8.46. The number of halogens is 1. The number of benzene rings is 3. The molecule has 0 unspecified atom stereocenters. The molecule has 0 spiro atoms. The lowest BCUT2D eigenvalue weighted by Gasteiger charge is -2.05. The van der Waals surface area contributed by atoms with Gasteiger partial charge in [-0.25, -0.2) is 4.39 Å². The fourth-order valence-corrected chi connectivity index (χ4v) is 3.49. The van der Waals surface area contributed by atoms with Crippen molar-refractivity contribution >= 4 is 0 Å². The van der Waals surface area contributed by atoms with Crippen LogP contribution in [0.25, 0.3) is 0 Å². The maximum absolute atomic E-state index is 14.6. The molecule has 0 fully saturated rings. The van der Waals surface area contributed by atoms with Crippen molar-refractivity contribution in [2.75, 3.05) is 6.61 Å². The molecule has 3 aromatic rings. The lowest BCUT2D eigenvalue weighted by Crippen LogP contribution is -1.96. The molecular weight excluding hydrogens is 419 g/mol. The number of aryl methyl sites for hydroxylation is 1. The maximum atomic E-state index is 14.6. The Balaban J connectivity index is 1.58. The molecule has 0 radical (unpaired) electrons. The van der Waals surface area contributed by atoms with Crippen molar-refractivity contribution in [1.82, 2.24) is 0 Å². The average Bonchev–Trinajstić information content (AvgIpc) is 2.86. The van der Waals surface area contributed by atoms with Gasteiger partial charge in [-0.2, -0.15) is 0 Å². The average molecular weight is 453 g/mol. The molecule has 0 atom stereocenters. The highest BCUT2D eigenvalue weighted by molar-refractivity contribution is 5.49. The van der Waals surface area contributed by atoms with E-state index in [2.05, 4.69) is 49.7 Å². The number of rotatable bonds is 9. The van der Waals surface area contributed by atoms with Crippen LogP contribution in [0, 0.1) is 29.5 Å². The van der Waals surface area contributed by atoms with Crippen molar-refractivity contribution < 1.29 is 9.13 Å². The number of hydrogen-bond donors (Lipinski definition) is 0. The summed E-state index contributed by atoms with van der Waals surface area (Å²) >= 11 is 0. The van der Waals surface area contributed by atoms with Crippen LogP contribution in [0.15, 0.2) is 66.7 Å². The van der Waals surface area contributed by atoms with E-state index in [-0.39, 0.29) is 5.82 Å². The molecule has 0 aliphatic carbocycles. The molecule has 0 saturated carbocycles. The van der Waals surface area contributed by atoms with E-state index < -0.39 is 0 Å². The van der Waals surface area contributed by atoms with Gasteiger partial charge in [0.2, 0.25) is 0 Å². The van der Waals surface area contributed by atoms with Crippen molar-refractivity contribution in [2.24, 2.45) is 0 Å².